The molecule has 2 amide bonds. The Kier molecular flexibility index (Phi) is 5.45. The van der Waals surface area contributed by atoms with Crippen molar-refractivity contribution in [3.8, 4) is 0 Å². The quantitative estimate of drug-likeness (QED) is 0.814. The zero-order valence-electron chi connectivity index (χ0n) is 12.2. The summed E-state index contributed by atoms with van der Waals surface area (Å²) in [6, 6.07) is 0.0965. The first-order valence-electron chi connectivity index (χ1n) is 7.44. The fraction of sp³-hybridized carbons (Fsp3) is 0.929. The summed E-state index contributed by atoms with van der Waals surface area (Å²) in [6.07, 6.45) is 4.74. The minimum absolute atomic E-state index is 0.0965. The summed E-state index contributed by atoms with van der Waals surface area (Å²) in [5, 5.41) is 3.02. The first-order valence-corrected chi connectivity index (χ1v) is 7.44. The molecule has 0 unspecified atom stereocenters. The van der Waals surface area contributed by atoms with E-state index in [0.29, 0.717) is 12.0 Å². The van der Waals surface area contributed by atoms with Gasteiger partial charge in [-0.2, -0.15) is 0 Å². The van der Waals surface area contributed by atoms with Crippen LogP contribution in [0, 0.1) is 5.92 Å². The van der Waals surface area contributed by atoms with E-state index in [1.165, 1.54) is 0 Å². The zero-order valence-corrected chi connectivity index (χ0v) is 12.2. The molecule has 0 bridgehead atoms. The van der Waals surface area contributed by atoms with Crippen LogP contribution >= 0.6 is 0 Å². The van der Waals surface area contributed by atoms with Crippen LogP contribution in [0.25, 0.3) is 0 Å². The fourth-order valence-corrected chi connectivity index (χ4v) is 3.01. The van der Waals surface area contributed by atoms with Crippen molar-refractivity contribution in [2.45, 2.75) is 31.8 Å². The number of ether oxygens (including phenoxy) is 1. The average Bonchev–Trinajstić information content (AvgIpc) is 2.99. The molecule has 0 radical (unpaired) electrons. The van der Waals surface area contributed by atoms with Crippen molar-refractivity contribution in [3.05, 3.63) is 0 Å². The van der Waals surface area contributed by atoms with Crippen LogP contribution in [0.1, 0.15) is 25.7 Å². The lowest BCUT2D eigenvalue weighted by Crippen LogP contribution is -2.40. The molecule has 5 nitrogen and oxygen atoms in total. The van der Waals surface area contributed by atoms with Crippen LogP contribution in [0.2, 0.25) is 0 Å². The first-order chi connectivity index (χ1) is 9.15. The first kappa shape index (κ1) is 14.6. The number of nitrogens with one attached hydrogen (secondary N) is 1. The summed E-state index contributed by atoms with van der Waals surface area (Å²) >= 11 is 0. The van der Waals surface area contributed by atoms with Gasteiger partial charge < -0.3 is 19.9 Å². The van der Waals surface area contributed by atoms with Crippen LogP contribution in [0.3, 0.4) is 0 Å². The van der Waals surface area contributed by atoms with E-state index in [1.54, 1.807) is 0 Å². The molecule has 0 aliphatic carbocycles. The Balaban J connectivity index is 1.61. The molecule has 2 rings (SSSR count). The summed E-state index contributed by atoms with van der Waals surface area (Å²) in [5.74, 6) is 0.624. The van der Waals surface area contributed by atoms with Crippen LogP contribution < -0.4 is 5.32 Å². The molecule has 0 saturated carbocycles. The highest BCUT2D eigenvalue weighted by molar-refractivity contribution is 5.74. The van der Waals surface area contributed by atoms with Crippen molar-refractivity contribution in [1.82, 2.24) is 15.1 Å². The second kappa shape index (κ2) is 7.10. The maximum absolute atomic E-state index is 12.0. The van der Waals surface area contributed by atoms with E-state index in [0.717, 1.165) is 58.5 Å². The summed E-state index contributed by atoms with van der Waals surface area (Å²) in [5.41, 5.74) is 0. The maximum atomic E-state index is 12.0. The molecular weight excluding hydrogens is 242 g/mol. The largest absolute Gasteiger partial charge is 0.378 e. The molecular formula is C14H27N3O2. The molecule has 1 N–H and O–H groups in total. The van der Waals surface area contributed by atoms with Crippen LogP contribution in [-0.4, -0.2) is 68.8 Å². The van der Waals surface area contributed by atoms with Gasteiger partial charge in [-0.05, 0) is 45.7 Å². The topological polar surface area (TPSA) is 44.8 Å². The van der Waals surface area contributed by atoms with Crippen LogP contribution in [0.4, 0.5) is 4.79 Å². The number of amides is 2. The number of carbonyl (C=O) groups excluding carboxylic acids is 1. The molecule has 110 valence electrons. The Bertz CT molecular complexity index is 290. The molecule has 2 aliphatic heterocycles. The van der Waals surface area contributed by atoms with E-state index in [4.69, 9.17) is 4.74 Å². The molecule has 2 aliphatic rings. The second-order valence-corrected chi connectivity index (χ2v) is 6.02. The van der Waals surface area contributed by atoms with Gasteiger partial charge in [0.05, 0.1) is 6.10 Å². The van der Waals surface area contributed by atoms with Crippen molar-refractivity contribution in [2.75, 3.05) is 46.9 Å². The SMILES string of the molecule is CN(C)C[C@H]1CCN(C(=O)NCC[C@H]2CCCO2)C1. The Morgan fingerprint density at radius 2 is 2.26 bits per heavy atom. The van der Waals surface area contributed by atoms with E-state index in [1.807, 2.05) is 4.90 Å². The van der Waals surface area contributed by atoms with Gasteiger partial charge in [0.15, 0.2) is 0 Å². The highest BCUT2D eigenvalue weighted by atomic mass is 16.5. The molecule has 2 fully saturated rings. The highest BCUT2D eigenvalue weighted by Gasteiger charge is 2.26. The summed E-state index contributed by atoms with van der Waals surface area (Å²) in [6.45, 7) is 4.48. The monoisotopic (exact) mass is 269 g/mol. The number of hydrogen-bond acceptors (Lipinski definition) is 3. The number of rotatable bonds is 5. The average molecular weight is 269 g/mol. The number of carbonyl (C=O) groups is 1. The third-order valence-corrected chi connectivity index (χ3v) is 3.96. The van der Waals surface area contributed by atoms with Gasteiger partial charge in [-0.1, -0.05) is 0 Å². The molecule has 0 aromatic rings. The van der Waals surface area contributed by atoms with E-state index in [9.17, 15) is 4.79 Å². The second-order valence-electron chi connectivity index (χ2n) is 6.02. The van der Waals surface area contributed by atoms with E-state index < -0.39 is 0 Å². The summed E-state index contributed by atoms with van der Waals surface area (Å²) < 4.78 is 5.55. The maximum Gasteiger partial charge on any atom is 0.317 e. The smallest absolute Gasteiger partial charge is 0.317 e. The summed E-state index contributed by atoms with van der Waals surface area (Å²) in [7, 11) is 4.18. The Morgan fingerprint density at radius 3 is 2.95 bits per heavy atom. The number of urea groups is 1. The molecule has 2 heterocycles. The van der Waals surface area contributed by atoms with E-state index >= 15 is 0 Å². The Hall–Kier alpha value is -0.810. The van der Waals surface area contributed by atoms with Gasteiger partial charge in [-0.15, -0.1) is 0 Å². The third kappa shape index (κ3) is 4.66. The number of nitrogens with zero attached hydrogens (tertiary/aromatic N) is 2. The van der Waals surface area contributed by atoms with Crippen molar-refractivity contribution < 1.29 is 9.53 Å². The van der Waals surface area contributed by atoms with Crippen LogP contribution in [0.15, 0.2) is 0 Å². The molecule has 0 aromatic heterocycles. The number of hydrogen-bond donors (Lipinski definition) is 1. The van der Waals surface area contributed by atoms with Gasteiger partial charge in [0, 0.05) is 32.8 Å². The van der Waals surface area contributed by atoms with Crippen molar-refractivity contribution in [3.63, 3.8) is 0 Å². The van der Waals surface area contributed by atoms with E-state index in [-0.39, 0.29) is 6.03 Å². The molecule has 0 aromatic carbocycles. The minimum Gasteiger partial charge on any atom is -0.378 e. The van der Waals surface area contributed by atoms with Gasteiger partial charge in [-0.3, -0.25) is 0 Å². The molecule has 2 atom stereocenters. The van der Waals surface area contributed by atoms with Crippen LogP contribution in [0.5, 0.6) is 0 Å². The van der Waals surface area contributed by atoms with Gasteiger partial charge in [-0.25, -0.2) is 4.79 Å². The standard InChI is InChI=1S/C14H27N3O2/c1-16(2)10-12-6-8-17(11-12)14(18)15-7-5-13-4-3-9-19-13/h12-13H,3-11H2,1-2H3,(H,15,18)/t12-,13-/m1/s1. The van der Waals surface area contributed by atoms with Crippen molar-refractivity contribution in [1.29, 1.82) is 0 Å². The summed E-state index contributed by atoms with van der Waals surface area (Å²) in [4.78, 5) is 16.2. The zero-order chi connectivity index (χ0) is 13.7. The molecule has 19 heavy (non-hydrogen) atoms. The number of likely N-dealkylation sites (tertiary alicyclic amines) is 1. The van der Waals surface area contributed by atoms with Gasteiger partial charge in [0.2, 0.25) is 0 Å². The lowest BCUT2D eigenvalue weighted by Gasteiger charge is -2.19. The lowest BCUT2D eigenvalue weighted by molar-refractivity contribution is 0.104. The van der Waals surface area contributed by atoms with Gasteiger partial charge in [0.25, 0.3) is 0 Å². The lowest BCUT2D eigenvalue weighted by atomic mass is 10.1. The highest BCUT2D eigenvalue weighted by Crippen LogP contribution is 2.17. The Labute approximate surface area is 116 Å². The minimum atomic E-state index is 0.0965. The van der Waals surface area contributed by atoms with Gasteiger partial charge >= 0.3 is 6.03 Å². The predicted molar refractivity (Wildman–Crippen MR) is 75.2 cm³/mol. The predicted octanol–water partition coefficient (Wildman–Crippen LogP) is 1.15. The van der Waals surface area contributed by atoms with Crippen molar-refractivity contribution in [2.24, 2.45) is 5.92 Å². The normalized spacial score (nSPS) is 27.2. The fourth-order valence-electron chi connectivity index (χ4n) is 3.01. The third-order valence-electron chi connectivity index (χ3n) is 3.96. The van der Waals surface area contributed by atoms with Gasteiger partial charge in [0.1, 0.15) is 0 Å². The molecule has 2 saturated heterocycles. The Morgan fingerprint density at radius 1 is 1.42 bits per heavy atom. The molecule has 0 spiro atoms. The van der Waals surface area contributed by atoms with Crippen LogP contribution in [-0.2, 0) is 4.74 Å². The van der Waals surface area contributed by atoms with E-state index in [2.05, 4.69) is 24.3 Å². The molecule has 5 heteroatoms. The van der Waals surface area contributed by atoms with Crippen molar-refractivity contribution >= 4 is 6.03 Å².